The van der Waals surface area contributed by atoms with E-state index in [9.17, 15) is 19.8 Å². The summed E-state index contributed by atoms with van der Waals surface area (Å²) >= 11 is 0. The standard InChI is InChI=1S/C16H27NO5/c1-16(2,3)6-4-12(14(18)19)13(15(20)21)5-7-17-8-10-22-11-9-17/h4-11H2,1-3H3,(H,18,19)(H,20,21)/b13-12+. The molecule has 1 aliphatic heterocycles. The van der Waals surface area contributed by atoms with Crippen LogP contribution in [-0.2, 0) is 14.3 Å². The zero-order valence-electron chi connectivity index (χ0n) is 13.7. The molecule has 0 spiro atoms. The average Bonchev–Trinajstić information content (AvgIpc) is 2.41. The van der Waals surface area contributed by atoms with E-state index in [-0.39, 0.29) is 29.4 Å². The van der Waals surface area contributed by atoms with Gasteiger partial charge in [-0.3, -0.25) is 4.90 Å². The van der Waals surface area contributed by atoms with Crippen LogP contribution in [0.1, 0.15) is 40.0 Å². The van der Waals surface area contributed by atoms with E-state index in [1.54, 1.807) is 0 Å². The van der Waals surface area contributed by atoms with Gasteiger partial charge < -0.3 is 14.9 Å². The monoisotopic (exact) mass is 313 g/mol. The molecule has 6 heteroatoms. The molecule has 0 saturated carbocycles. The van der Waals surface area contributed by atoms with Gasteiger partial charge in [0.25, 0.3) is 0 Å². The SMILES string of the molecule is CC(C)(C)CC/C(C(=O)O)=C(/CCN1CCOCC1)C(=O)O. The molecule has 0 aromatic carbocycles. The van der Waals surface area contributed by atoms with Crippen LogP contribution in [0.5, 0.6) is 0 Å². The summed E-state index contributed by atoms with van der Waals surface area (Å²) in [6.45, 7) is 9.40. The number of ether oxygens (including phenoxy) is 1. The van der Waals surface area contributed by atoms with Crippen molar-refractivity contribution < 1.29 is 24.5 Å². The number of carbonyl (C=O) groups is 2. The lowest BCUT2D eigenvalue weighted by molar-refractivity contribution is -0.136. The summed E-state index contributed by atoms with van der Waals surface area (Å²) in [5, 5.41) is 18.8. The maximum Gasteiger partial charge on any atom is 0.332 e. The lowest BCUT2D eigenvalue weighted by atomic mass is 9.87. The highest BCUT2D eigenvalue weighted by atomic mass is 16.5. The van der Waals surface area contributed by atoms with Gasteiger partial charge in [0.05, 0.1) is 13.2 Å². The first-order chi connectivity index (χ1) is 10.2. The minimum absolute atomic E-state index is 0.0308. The summed E-state index contributed by atoms with van der Waals surface area (Å²) in [5.74, 6) is -2.25. The Morgan fingerprint density at radius 1 is 1.00 bits per heavy atom. The van der Waals surface area contributed by atoms with Gasteiger partial charge in [0.2, 0.25) is 0 Å². The van der Waals surface area contributed by atoms with Crippen LogP contribution in [0.4, 0.5) is 0 Å². The molecular weight excluding hydrogens is 286 g/mol. The van der Waals surface area contributed by atoms with Crippen LogP contribution < -0.4 is 0 Å². The Morgan fingerprint density at radius 2 is 1.50 bits per heavy atom. The molecule has 6 nitrogen and oxygen atoms in total. The fraction of sp³-hybridized carbons (Fsp3) is 0.750. The lowest BCUT2D eigenvalue weighted by Gasteiger charge is -2.26. The summed E-state index contributed by atoms with van der Waals surface area (Å²) in [5.41, 5.74) is 0.0352. The highest BCUT2D eigenvalue weighted by molar-refractivity contribution is 5.98. The van der Waals surface area contributed by atoms with Crippen molar-refractivity contribution in [3.63, 3.8) is 0 Å². The van der Waals surface area contributed by atoms with E-state index in [2.05, 4.69) is 4.90 Å². The number of aliphatic carboxylic acids is 2. The number of hydrogen-bond donors (Lipinski definition) is 2. The second-order valence-electron chi connectivity index (χ2n) is 6.83. The van der Waals surface area contributed by atoms with Gasteiger partial charge in [-0.05, 0) is 24.7 Å². The quantitative estimate of drug-likeness (QED) is 0.699. The third kappa shape index (κ3) is 6.58. The van der Waals surface area contributed by atoms with Crippen molar-refractivity contribution in [1.29, 1.82) is 0 Å². The number of nitrogens with zero attached hydrogens (tertiary/aromatic N) is 1. The van der Waals surface area contributed by atoms with Crippen LogP contribution in [-0.4, -0.2) is 59.9 Å². The highest BCUT2D eigenvalue weighted by Gasteiger charge is 2.23. The second kappa shape index (κ2) is 8.29. The zero-order valence-corrected chi connectivity index (χ0v) is 13.7. The van der Waals surface area contributed by atoms with Crippen LogP contribution in [0.3, 0.4) is 0 Å². The average molecular weight is 313 g/mol. The zero-order chi connectivity index (χ0) is 16.8. The summed E-state index contributed by atoms with van der Waals surface area (Å²) in [7, 11) is 0. The molecule has 1 rings (SSSR count). The van der Waals surface area contributed by atoms with Gasteiger partial charge in [-0.25, -0.2) is 9.59 Å². The van der Waals surface area contributed by atoms with E-state index in [1.807, 2.05) is 20.8 Å². The maximum absolute atomic E-state index is 11.5. The normalized spacial score (nSPS) is 18.0. The van der Waals surface area contributed by atoms with Crippen molar-refractivity contribution in [2.24, 2.45) is 5.41 Å². The van der Waals surface area contributed by atoms with E-state index >= 15 is 0 Å². The topological polar surface area (TPSA) is 87.1 Å². The van der Waals surface area contributed by atoms with Crippen molar-refractivity contribution in [2.45, 2.75) is 40.0 Å². The Labute approximate surface area is 131 Å². The van der Waals surface area contributed by atoms with E-state index in [0.717, 1.165) is 13.1 Å². The minimum atomic E-state index is -1.13. The molecule has 126 valence electrons. The van der Waals surface area contributed by atoms with E-state index in [0.29, 0.717) is 26.2 Å². The highest BCUT2D eigenvalue weighted by Crippen LogP contribution is 2.26. The van der Waals surface area contributed by atoms with E-state index < -0.39 is 11.9 Å². The number of carboxylic acids is 2. The van der Waals surface area contributed by atoms with Crippen LogP contribution in [0.15, 0.2) is 11.1 Å². The van der Waals surface area contributed by atoms with Gasteiger partial charge in [-0.2, -0.15) is 0 Å². The molecule has 0 atom stereocenters. The molecule has 1 aliphatic rings. The van der Waals surface area contributed by atoms with Crippen LogP contribution >= 0.6 is 0 Å². The third-order valence-electron chi connectivity index (χ3n) is 3.79. The Balaban J connectivity index is 2.80. The molecule has 22 heavy (non-hydrogen) atoms. The first-order valence-corrected chi connectivity index (χ1v) is 7.69. The third-order valence-corrected chi connectivity index (χ3v) is 3.79. The van der Waals surface area contributed by atoms with Gasteiger partial charge in [0.1, 0.15) is 0 Å². The van der Waals surface area contributed by atoms with Gasteiger partial charge in [0.15, 0.2) is 0 Å². The first kappa shape index (κ1) is 18.6. The number of carboxylic acid groups (broad SMARTS) is 2. The summed E-state index contributed by atoms with van der Waals surface area (Å²) in [4.78, 5) is 25.0. The Hall–Kier alpha value is -1.40. The largest absolute Gasteiger partial charge is 0.478 e. The summed E-state index contributed by atoms with van der Waals surface area (Å²) < 4.78 is 5.25. The van der Waals surface area contributed by atoms with Crippen molar-refractivity contribution in [3.8, 4) is 0 Å². The summed E-state index contributed by atoms with van der Waals surface area (Å²) in [6.07, 6.45) is 1.17. The van der Waals surface area contributed by atoms with Crippen LogP contribution in [0.2, 0.25) is 0 Å². The maximum atomic E-state index is 11.5. The molecular formula is C16H27NO5. The Morgan fingerprint density at radius 3 is 1.95 bits per heavy atom. The lowest BCUT2D eigenvalue weighted by Crippen LogP contribution is -2.37. The number of rotatable bonds is 7. The summed E-state index contributed by atoms with van der Waals surface area (Å²) in [6, 6.07) is 0. The molecule has 0 aliphatic carbocycles. The van der Waals surface area contributed by atoms with E-state index in [1.165, 1.54) is 0 Å². The molecule has 0 unspecified atom stereocenters. The molecule has 0 aromatic heterocycles. The molecule has 1 saturated heterocycles. The van der Waals surface area contributed by atoms with E-state index in [4.69, 9.17) is 4.74 Å². The van der Waals surface area contributed by atoms with Gasteiger partial charge in [0, 0.05) is 30.8 Å². The molecule has 0 bridgehead atoms. The molecule has 0 aromatic rings. The molecule has 0 radical (unpaired) electrons. The molecule has 0 amide bonds. The second-order valence-corrected chi connectivity index (χ2v) is 6.83. The Bertz CT molecular complexity index is 430. The van der Waals surface area contributed by atoms with Crippen molar-refractivity contribution in [3.05, 3.63) is 11.1 Å². The van der Waals surface area contributed by atoms with Crippen molar-refractivity contribution in [1.82, 2.24) is 4.90 Å². The smallest absolute Gasteiger partial charge is 0.332 e. The van der Waals surface area contributed by atoms with Crippen LogP contribution in [0.25, 0.3) is 0 Å². The van der Waals surface area contributed by atoms with Gasteiger partial charge in [-0.15, -0.1) is 0 Å². The van der Waals surface area contributed by atoms with Crippen molar-refractivity contribution >= 4 is 11.9 Å². The predicted octanol–water partition coefficient (Wildman–Crippen LogP) is 2.00. The molecule has 1 heterocycles. The van der Waals surface area contributed by atoms with Gasteiger partial charge >= 0.3 is 11.9 Å². The first-order valence-electron chi connectivity index (χ1n) is 7.69. The van der Waals surface area contributed by atoms with Gasteiger partial charge in [-0.1, -0.05) is 20.8 Å². The minimum Gasteiger partial charge on any atom is -0.478 e. The Kier molecular flexibility index (Phi) is 7.03. The molecule has 2 N–H and O–H groups in total. The molecule has 1 fully saturated rings. The number of hydrogen-bond acceptors (Lipinski definition) is 4. The predicted molar refractivity (Wildman–Crippen MR) is 82.9 cm³/mol. The number of morpholine rings is 1. The van der Waals surface area contributed by atoms with Crippen LogP contribution in [0, 0.1) is 5.41 Å². The van der Waals surface area contributed by atoms with Crippen molar-refractivity contribution in [2.75, 3.05) is 32.8 Å². The fourth-order valence-corrected chi connectivity index (χ4v) is 2.37. The fourth-order valence-electron chi connectivity index (χ4n) is 2.37.